The van der Waals surface area contributed by atoms with Gasteiger partial charge in [0.1, 0.15) is 5.82 Å². The van der Waals surface area contributed by atoms with E-state index in [9.17, 15) is 14.7 Å². The van der Waals surface area contributed by atoms with Gasteiger partial charge in [0.05, 0.1) is 11.3 Å². The Morgan fingerprint density at radius 2 is 1.88 bits per heavy atom. The SMILES string of the molecule is CCCCn1nc(C(=O)CC2CCCCC2)nc1Cc1ccc(-c2ccccc2C(=O)O)nc1. The van der Waals surface area contributed by atoms with Crippen LogP contribution in [0.15, 0.2) is 42.6 Å². The Hall–Kier alpha value is -3.35. The second-order valence-corrected chi connectivity index (χ2v) is 9.14. The molecule has 7 heteroatoms. The lowest BCUT2D eigenvalue weighted by Gasteiger charge is -2.19. The van der Waals surface area contributed by atoms with Crippen molar-refractivity contribution in [1.82, 2.24) is 19.7 Å². The fourth-order valence-electron chi connectivity index (χ4n) is 4.62. The number of aromatic carboxylic acids is 1. The Balaban J connectivity index is 1.52. The topological polar surface area (TPSA) is 98.0 Å². The number of hydrogen-bond donors (Lipinski definition) is 1. The first kappa shape index (κ1) is 23.8. The van der Waals surface area contributed by atoms with Gasteiger partial charge in [0.15, 0.2) is 0 Å². The second kappa shape index (κ2) is 11.2. The van der Waals surface area contributed by atoms with E-state index in [4.69, 9.17) is 0 Å². The van der Waals surface area contributed by atoms with E-state index in [1.807, 2.05) is 16.8 Å². The standard InChI is InChI=1S/C27H32N4O3/c1-2-3-15-31-25(29-26(30-31)24(32)16-19-9-5-4-6-10-19)17-20-13-14-23(28-18-20)21-11-7-8-12-22(21)27(33)34/h7-8,11-14,18-19H,2-6,9-10,15-17H2,1H3,(H,33,34). The molecule has 0 unspecified atom stereocenters. The number of carbonyl (C=O) groups is 2. The number of carbonyl (C=O) groups excluding carboxylic acids is 1. The molecule has 0 radical (unpaired) electrons. The molecule has 0 aliphatic heterocycles. The van der Waals surface area contributed by atoms with Crippen LogP contribution in [0.2, 0.25) is 0 Å². The predicted octanol–water partition coefficient (Wildman–Crippen LogP) is 5.58. The number of nitrogens with zero attached hydrogens (tertiary/aromatic N) is 4. The minimum Gasteiger partial charge on any atom is -0.478 e. The maximum atomic E-state index is 12.9. The Morgan fingerprint density at radius 3 is 2.59 bits per heavy atom. The largest absolute Gasteiger partial charge is 0.478 e. The van der Waals surface area contributed by atoms with Crippen LogP contribution in [0.3, 0.4) is 0 Å². The van der Waals surface area contributed by atoms with Crippen LogP contribution in [-0.2, 0) is 13.0 Å². The molecule has 2 heterocycles. The van der Waals surface area contributed by atoms with Crippen molar-refractivity contribution in [3.8, 4) is 11.3 Å². The molecule has 34 heavy (non-hydrogen) atoms. The molecule has 7 nitrogen and oxygen atoms in total. The van der Waals surface area contributed by atoms with E-state index in [2.05, 4.69) is 22.0 Å². The van der Waals surface area contributed by atoms with Crippen LogP contribution >= 0.6 is 0 Å². The molecular formula is C27H32N4O3. The van der Waals surface area contributed by atoms with Crippen molar-refractivity contribution in [2.75, 3.05) is 0 Å². The van der Waals surface area contributed by atoms with Gasteiger partial charge in [0.25, 0.3) is 0 Å². The molecule has 2 aromatic heterocycles. The molecule has 3 aromatic rings. The molecule has 4 rings (SSSR count). The number of unbranched alkanes of at least 4 members (excludes halogenated alkanes) is 1. The van der Waals surface area contributed by atoms with Crippen LogP contribution in [0.5, 0.6) is 0 Å². The molecule has 1 aromatic carbocycles. The molecule has 0 spiro atoms. The normalized spacial score (nSPS) is 14.3. The highest BCUT2D eigenvalue weighted by atomic mass is 16.4. The maximum absolute atomic E-state index is 12.9. The molecule has 1 aliphatic carbocycles. The first-order chi connectivity index (χ1) is 16.5. The number of pyridine rings is 1. The van der Waals surface area contributed by atoms with Gasteiger partial charge in [-0.1, -0.05) is 69.7 Å². The molecule has 0 atom stereocenters. The van der Waals surface area contributed by atoms with Crippen molar-refractivity contribution in [1.29, 1.82) is 0 Å². The van der Waals surface area contributed by atoms with E-state index in [0.717, 1.165) is 43.6 Å². The zero-order chi connectivity index (χ0) is 23.9. The van der Waals surface area contributed by atoms with Crippen molar-refractivity contribution in [3.05, 3.63) is 65.4 Å². The minimum atomic E-state index is -0.976. The Morgan fingerprint density at radius 1 is 1.09 bits per heavy atom. The van der Waals surface area contributed by atoms with Crippen molar-refractivity contribution in [2.45, 2.75) is 71.3 Å². The number of aryl methyl sites for hydroxylation is 1. The van der Waals surface area contributed by atoms with E-state index in [1.165, 1.54) is 19.3 Å². The van der Waals surface area contributed by atoms with Gasteiger partial charge < -0.3 is 5.11 Å². The Bertz CT molecular complexity index is 1130. The molecular weight excluding hydrogens is 428 g/mol. The van der Waals surface area contributed by atoms with E-state index >= 15 is 0 Å². The first-order valence-corrected chi connectivity index (χ1v) is 12.3. The van der Waals surface area contributed by atoms with E-state index < -0.39 is 5.97 Å². The maximum Gasteiger partial charge on any atom is 0.336 e. The van der Waals surface area contributed by atoms with Crippen molar-refractivity contribution in [3.63, 3.8) is 0 Å². The third-order valence-corrected chi connectivity index (χ3v) is 6.54. The number of rotatable bonds is 10. The molecule has 178 valence electrons. The average molecular weight is 461 g/mol. The first-order valence-electron chi connectivity index (χ1n) is 12.3. The number of carboxylic acids is 1. The molecule has 0 amide bonds. The van der Waals surface area contributed by atoms with Gasteiger partial charge in [-0.25, -0.2) is 14.5 Å². The highest BCUT2D eigenvalue weighted by Gasteiger charge is 2.22. The lowest BCUT2D eigenvalue weighted by molar-refractivity contribution is 0.0697. The van der Waals surface area contributed by atoms with Crippen LogP contribution in [-0.4, -0.2) is 36.6 Å². The highest BCUT2D eigenvalue weighted by Crippen LogP contribution is 2.27. The Labute approximate surface area is 200 Å². The smallest absolute Gasteiger partial charge is 0.336 e. The summed E-state index contributed by atoms with van der Waals surface area (Å²) < 4.78 is 1.87. The van der Waals surface area contributed by atoms with E-state index in [0.29, 0.717) is 35.8 Å². The summed E-state index contributed by atoms with van der Waals surface area (Å²) in [5.74, 6) is 0.619. The van der Waals surface area contributed by atoms with Crippen LogP contribution in [0.1, 0.15) is 90.7 Å². The van der Waals surface area contributed by atoms with Crippen molar-refractivity contribution >= 4 is 11.8 Å². The number of ketones is 1. The summed E-state index contributed by atoms with van der Waals surface area (Å²) in [5.41, 5.74) is 2.36. The number of hydrogen-bond acceptors (Lipinski definition) is 5. The summed E-state index contributed by atoms with van der Waals surface area (Å²) in [6.07, 6.45) is 10.7. The van der Waals surface area contributed by atoms with Gasteiger partial charge in [0.2, 0.25) is 11.6 Å². The van der Waals surface area contributed by atoms with Crippen LogP contribution in [0.4, 0.5) is 0 Å². The summed E-state index contributed by atoms with van der Waals surface area (Å²) in [6, 6.07) is 10.6. The number of aromatic nitrogens is 4. The molecule has 1 saturated carbocycles. The summed E-state index contributed by atoms with van der Waals surface area (Å²) in [7, 11) is 0. The van der Waals surface area contributed by atoms with Gasteiger partial charge in [0, 0.05) is 31.1 Å². The zero-order valence-electron chi connectivity index (χ0n) is 19.7. The number of carboxylic acid groups (broad SMARTS) is 1. The van der Waals surface area contributed by atoms with E-state index in [-0.39, 0.29) is 11.3 Å². The Kier molecular flexibility index (Phi) is 7.83. The summed E-state index contributed by atoms with van der Waals surface area (Å²) in [5, 5.41) is 14.0. The predicted molar refractivity (Wildman–Crippen MR) is 130 cm³/mol. The molecule has 0 saturated heterocycles. The minimum absolute atomic E-state index is 0.0437. The van der Waals surface area contributed by atoms with Gasteiger partial charge in [-0.15, -0.1) is 5.10 Å². The fraction of sp³-hybridized carbons (Fsp3) is 0.444. The third-order valence-electron chi connectivity index (χ3n) is 6.54. The van der Waals surface area contributed by atoms with Crippen molar-refractivity contribution < 1.29 is 14.7 Å². The average Bonchev–Trinajstić information content (AvgIpc) is 3.26. The summed E-state index contributed by atoms with van der Waals surface area (Å²) in [6.45, 7) is 2.86. The zero-order valence-corrected chi connectivity index (χ0v) is 19.7. The molecule has 0 bridgehead atoms. The summed E-state index contributed by atoms with van der Waals surface area (Å²) in [4.78, 5) is 33.6. The van der Waals surface area contributed by atoms with Crippen molar-refractivity contribution in [2.24, 2.45) is 5.92 Å². The third kappa shape index (κ3) is 5.76. The number of Topliss-reactive ketones (excluding diaryl/α,β-unsaturated/α-hetero) is 1. The summed E-state index contributed by atoms with van der Waals surface area (Å²) >= 11 is 0. The van der Waals surface area contributed by atoms with Gasteiger partial charge in [-0.05, 0) is 30.0 Å². The van der Waals surface area contributed by atoms with Crippen LogP contribution < -0.4 is 0 Å². The van der Waals surface area contributed by atoms with Gasteiger partial charge in [-0.2, -0.15) is 0 Å². The fourth-order valence-corrected chi connectivity index (χ4v) is 4.62. The van der Waals surface area contributed by atoms with Gasteiger partial charge in [-0.3, -0.25) is 9.78 Å². The molecule has 1 N–H and O–H groups in total. The van der Waals surface area contributed by atoms with Crippen LogP contribution in [0.25, 0.3) is 11.3 Å². The molecule has 1 fully saturated rings. The quantitative estimate of drug-likeness (QED) is 0.397. The van der Waals surface area contributed by atoms with E-state index in [1.54, 1.807) is 30.5 Å². The van der Waals surface area contributed by atoms with Gasteiger partial charge >= 0.3 is 5.97 Å². The van der Waals surface area contributed by atoms with Crippen LogP contribution in [0, 0.1) is 5.92 Å². The highest BCUT2D eigenvalue weighted by molar-refractivity contribution is 5.95. The monoisotopic (exact) mass is 460 g/mol. The lowest BCUT2D eigenvalue weighted by Crippen LogP contribution is -2.13. The molecule has 1 aliphatic rings. The second-order valence-electron chi connectivity index (χ2n) is 9.14. The number of benzene rings is 1. The lowest BCUT2D eigenvalue weighted by atomic mass is 9.86.